The Labute approximate surface area is 351 Å². The van der Waals surface area contributed by atoms with Gasteiger partial charge in [-0.15, -0.1) is 5.06 Å². The number of hydroxylamine groups is 2. The van der Waals surface area contributed by atoms with E-state index < -0.39 is 53.2 Å². The molecule has 0 bridgehead atoms. The first-order valence-electron chi connectivity index (χ1n) is 20.6. The molecule has 2 aliphatic carbocycles. The molecule has 0 spiro atoms. The first-order chi connectivity index (χ1) is 28.0. The number of fused-ring (bicyclic) bond motifs is 4. The van der Waals surface area contributed by atoms with Crippen LogP contribution in [0.1, 0.15) is 140 Å². The van der Waals surface area contributed by atoms with Gasteiger partial charge in [-0.1, -0.05) is 60.1 Å². The van der Waals surface area contributed by atoms with E-state index in [1.165, 1.54) is 0 Å². The van der Waals surface area contributed by atoms with Crippen molar-refractivity contribution in [3.8, 4) is 11.5 Å². The molecule has 0 N–H and O–H groups in total. The van der Waals surface area contributed by atoms with Gasteiger partial charge in [0.1, 0.15) is 42.4 Å². The second-order valence-corrected chi connectivity index (χ2v) is 20.7. The summed E-state index contributed by atoms with van der Waals surface area (Å²) in [5.41, 5.74) is 1.98. The van der Waals surface area contributed by atoms with Crippen LogP contribution in [0.2, 0.25) is 0 Å². The number of unbranched alkanes of at least 4 members (excludes halogenated alkanes) is 3. The van der Waals surface area contributed by atoms with Crippen molar-refractivity contribution in [3.05, 3.63) is 69.1 Å². The molecule has 322 valence electrons. The van der Waals surface area contributed by atoms with Gasteiger partial charge in [-0.3, -0.25) is 9.59 Å². The number of benzene rings is 2. The molecule has 2 aromatic carbocycles. The smallest absolute Gasteiger partial charge is 0.333 e. The number of ether oxygens (including phenoxy) is 1. The van der Waals surface area contributed by atoms with Gasteiger partial charge < -0.3 is 18.7 Å². The number of carbonyl (C=O) groups excluding carboxylic acids is 3. The van der Waals surface area contributed by atoms with Crippen LogP contribution in [0, 0.1) is 10.8 Å². The van der Waals surface area contributed by atoms with Crippen LogP contribution in [0.15, 0.2) is 40.4 Å². The molecule has 14 nitrogen and oxygen atoms in total. The molecule has 3 heterocycles. The summed E-state index contributed by atoms with van der Waals surface area (Å²) in [6.07, 6.45) is 11.5. The van der Waals surface area contributed by atoms with Gasteiger partial charge >= 0.3 is 5.97 Å². The lowest BCUT2D eigenvalue weighted by Crippen LogP contribution is -2.40. The zero-order valence-electron chi connectivity index (χ0n) is 35.2. The number of imidazole rings is 1. The SMILES string of the molecule is CCCCn1cc[n+](CCCCCC(=O)ON2C(=O)CCC2=O)c1C1=c2cc3c(c(S(=O)(=O)[O-])c2Oc2c1cc1c(c2S(=O)(=O)[O-])CC(C)(C)CC1C)=CC(C)(C)C=C3C. The molecule has 2 aliphatic heterocycles. The van der Waals surface area contributed by atoms with E-state index in [2.05, 4.69) is 6.92 Å². The zero-order chi connectivity index (χ0) is 43.7. The summed E-state index contributed by atoms with van der Waals surface area (Å²) in [5.74, 6) is -1.97. The summed E-state index contributed by atoms with van der Waals surface area (Å²) in [5, 5.41) is 0.957. The highest BCUT2D eigenvalue weighted by molar-refractivity contribution is 7.86. The quantitative estimate of drug-likeness (QED) is 0.0742. The number of hydrogen-bond acceptors (Lipinski definition) is 11. The Hall–Kier alpha value is -4.64. The fourth-order valence-corrected chi connectivity index (χ4v) is 11.2. The molecule has 1 unspecified atom stereocenters. The molecular formula is C44H52N3O11S2-. The molecule has 4 aliphatic rings. The maximum absolute atomic E-state index is 13.6. The Morgan fingerprint density at radius 3 is 2.27 bits per heavy atom. The average Bonchev–Trinajstić information content (AvgIpc) is 3.66. The van der Waals surface area contributed by atoms with E-state index in [1.54, 1.807) is 12.1 Å². The van der Waals surface area contributed by atoms with Crippen LogP contribution in [0.25, 0.3) is 17.2 Å². The summed E-state index contributed by atoms with van der Waals surface area (Å²) in [4.78, 5) is 40.2. The van der Waals surface area contributed by atoms with E-state index in [4.69, 9.17) is 9.57 Å². The normalized spacial score (nSPS) is 19.1. The molecule has 1 atom stereocenters. The Balaban J connectivity index is 1.45. The molecule has 60 heavy (non-hydrogen) atoms. The predicted molar refractivity (Wildman–Crippen MR) is 217 cm³/mol. The van der Waals surface area contributed by atoms with E-state index in [-0.39, 0.29) is 59.0 Å². The van der Waals surface area contributed by atoms with Gasteiger partial charge in [0.25, 0.3) is 17.6 Å². The van der Waals surface area contributed by atoms with Crippen molar-refractivity contribution in [2.45, 2.75) is 141 Å². The number of hydrogen-bond donors (Lipinski definition) is 0. The molecule has 1 fully saturated rings. The van der Waals surface area contributed by atoms with Crippen molar-refractivity contribution in [2.75, 3.05) is 0 Å². The van der Waals surface area contributed by atoms with Crippen LogP contribution in [0.5, 0.6) is 11.5 Å². The van der Waals surface area contributed by atoms with E-state index in [0.717, 1.165) is 24.8 Å². The van der Waals surface area contributed by atoms with Gasteiger partial charge in [-0.2, -0.15) is 0 Å². The highest BCUT2D eigenvalue weighted by atomic mass is 32.2. The summed E-state index contributed by atoms with van der Waals surface area (Å²) < 4.78 is 91.9. The van der Waals surface area contributed by atoms with Crippen LogP contribution >= 0.6 is 0 Å². The molecule has 1 saturated heterocycles. The van der Waals surface area contributed by atoms with Gasteiger partial charge in [0.05, 0.1) is 18.7 Å². The topological polar surface area (TPSA) is 196 Å². The van der Waals surface area contributed by atoms with Gasteiger partial charge in [0.15, 0.2) is 11.5 Å². The summed E-state index contributed by atoms with van der Waals surface area (Å²) in [6.45, 7) is 14.6. The second kappa shape index (κ2) is 15.7. The van der Waals surface area contributed by atoms with Crippen LogP contribution in [0.3, 0.4) is 0 Å². The van der Waals surface area contributed by atoms with Gasteiger partial charge in [0, 0.05) is 40.7 Å². The van der Waals surface area contributed by atoms with Crippen molar-refractivity contribution >= 4 is 55.2 Å². The highest BCUT2D eigenvalue weighted by Crippen LogP contribution is 2.51. The van der Waals surface area contributed by atoms with Gasteiger partial charge in [-0.05, 0) is 91.2 Å². The third kappa shape index (κ3) is 8.23. The molecule has 1 aromatic heterocycles. The maximum Gasteiger partial charge on any atom is 0.333 e. The minimum atomic E-state index is -5.29. The number of rotatable bonds is 13. The first-order valence-corrected chi connectivity index (χ1v) is 23.4. The van der Waals surface area contributed by atoms with Crippen molar-refractivity contribution in [3.63, 3.8) is 0 Å². The Kier molecular flexibility index (Phi) is 11.4. The lowest BCUT2D eigenvalue weighted by Gasteiger charge is -2.38. The molecule has 0 radical (unpaired) electrons. The third-order valence-electron chi connectivity index (χ3n) is 11.9. The number of carbonyl (C=O) groups is 3. The largest absolute Gasteiger partial charge is 0.744 e. The lowest BCUT2D eigenvalue weighted by atomic mass is 9.69. The molecule has 3 aromatic rings. The molecule has 16 heteroatoms. The number of allylic oxidation sites excluding steroid dienone is 2. The second-order valence-electron chi connectivity index (χ2n) is 18.0. The summed E-state index contributed by atoms with van der Waals surface area (Å²) in [7, 11) is -10.5. The zero-order valence-corrected chi connectivity index (χ0v) is 36.8. The third-order valence-corrected chi connectivity index (χ3v) is 13.7. The lowest BCUT2D eigenvalue weighted by molar-refractivity contribution is -0.699. The van der Waals surface area contributed by atoms with Crippen molar-refractivity contribution in [1.82, 2.24) is 9.63 Å². The van der Waals surface area contributed by atoms with Crippen LogP contribution in [-0.4, -0.2) is 53.4 Å². The summed E-state index contributed by atoms with van der Waals surface area (Å²) >= 11 is 0. The predicted octanol–water partition coefficient (Wildman–Crippen LogP) is 5.20. The van der Waals surface area contributed by atoms with Crippen LogP contribution < -0.4 is 19.7 Å². The number of aryl methyl sites for hydroxylation is 2. The minimum absolute atomic E-state index is 0.000759. The Bertz CT molecular complexity index is 2710. The highest BCUT2D eigenvalue weighted by Gasteiger charge is 2.41. The van der Waals surface area contributed by atoms with Crippen molar-refractivity contribution < 1.29 is 54.5 Å². The number of nitrogens with zero attached hydrogens (tertiary/aromatic N) is 3. The van der Waals surface area contributed by atoms with E-state index in [9.17, 15) is 40.3 Å². The van der Waals surface area contributed by atoms with Crippen molar-refractivity contribution in [2.24, 2.45) is 10.8 Å². The van der Waals surface area contributed by atoms with Crippen LogP contribution in [-0.2, 0) is 59.0 Å². The fourth-order valence-electron chi connectivity index (χ4n) is 9.54. The first kappa shape index (κ1) is 43.4. The Morgan fingerprint density at radius 1 is 0.933 bits per heavy atom. The minimum Gasteiger partial charge on any atom is -0.744 e. The van der Waals surface area contributed by atoms with E-state index in [0.29, 0.717) is 71.1 Å². The standard InChI is InChI=1S/C44H53N3O11S2/c1-8-9-16-45-18-19-46(17-12-10-11-13-36(50)58-47-34(48)14-15-35(47)49)42(45)37-30-20-28-26(2)22-43(4,5)24-32(28)40(59(51,52)53)38(30)57-39-31(37)21-29-27(3)23-44(6,7)25-33(29)41(39)60(54,55)56/h18-22,24,27H,8-17,23,25H2,1-7H3,(H-,51,52,53,54,55,56)/p-1. The van der Waals surface area contributed by atoms with Gasteiger partial charge in [-0.25, -0.2) is 30.8 Å². The van der Waals surface area contributed by atoms with Crippen LogP contribution in [0.4, 0.5) is 0 Å². The Morgan fingerprint density at radius 2 is 1.62 bits per heavy atom. The number of amides is 2. The van der Waals surface area contributed by atoms with Gasteiger partial charge in [0.2, 0.25) is 0 Å². The average molecular weight is 863 g/mol. The molecule has 2 amide bonds. The molecular weight excluding hydrogens is 811 g/mol. The fraction of sp³-hybridized carbons (Fsp3) is 0.500. The molecule has 0 saturated carbocycles. The monoisotopic (exact) mass is 862 g/mol. The van der Waals surface area contributed by atoms with E-state index >= 15 is 0 Å². The molecule has 7 rings (SSSR count). The maximum atomic E-state index is 13.6. The number of imide groups is 1. The summed E-state index contributed by atoms with van der Waals surface area (Å²) in [6, 6.07) is 3.68. The van der Waals surface area contributed by atoms with E-state index in [1.807, 2.05) is 75.2 Å². The van der Waals surface area contributed by atoms with Crippen molar-refractivity contribution in [1.29, 1.82) is 0 Å². The number of aromatic nitrogens is 2.